The maximum atomic E-state index is 3.12. The highest BCUT2D eigenvalue weighted by Crippen LogP contribution is 1.93. The van der Waals surface area contributed by atoms with Gasteiger partial charge in [-0.3, -0.25) is 0 Å². The van der Waals surface area contributed by atoms with E-state index in [1.54, 1.807) is 0 Å². The second-order valence-electron chi connectivity index (χ2n) is 1.86. The largest absolute Gasteiger partial charge is 0.388 e. The van der Waals surface area contributed by atoms with Gasteiger partial charge in [-0.05, 0) is 19.0 Å². The molecule has 1 nitrogen and oxygen atoms in total. The quantitative estimate of drug-likeness (QED) is 0.464. The Bertz CT molecular complexity index is 77.0. The van der Waals surface area contributed by atoms with Gasteiger partial charge in [0.1, 0.15) is 0 Å². The second kappa shape index (κ2) is 3.30. The fourth-order valence-electron chi connectivity index (χ4n) is 0.696. The molecule has 0 spiro atoms. The van der Waals surface area contributed by atoms with E-state index in [2.05, 4.69) is 23.5 Å². The number of rotatable bonds is 0. The van der Waals surface area contributed by atoms with Gasteiger partial charge in [0.15, 0.2) is 0 Å². The zero-order valence-corrected chi connectivity index (χ0v) is 4.93. The summed E-state index contributed by atoms with van der Waals surface area (Å²) in [5, 5.41) is 3.12. The Labute approximate surface area is 50.1 Å². The lowest BCUT2D eigenvalue weighted by Gasteiger charge is -1.96. The predicted molar refractivity (Wildman–Crippen MR) is 35.5 cm³/mol. The van der Waals surface area contributed by atoms with Gasteiger partial charge in [0, 0.05) is 6.54 Å². The third-order valence-electron chi connectivity index (χ3n) is 1.14. The van der Waals surface area contributed by atoms with Crippen molar-refractivity contribution in [2.45, 2.75) is 12.8 Å². The molecule has 0 aromatic rings. The van der Waals surface area contributed by atoms with Gasteiger partial charge in [0.25, 0.3) is 0 Å². The highest BCUT2D eigenvalue weighted by atomic mass is 14.8. The minimum absolute atomic E-state index is 0.983. The molecular weight excluding hydrogens is 98.1 g/mol. The van der Waals surface area contributed by atoms with Crippen molar-refractivity contribution in [1.82, 2.24) is 5.32 Å². The molecule has 0 saturated carbocycles. The molecule has 1 N–H and O–H groups in total. The van der Waals surface area contributed by atoms with Crippen molar-refractivity contribution in [2.24, 2.45) is 0 Å². The fraction of sp³-hybridized carbons (Fsp3) is 0.429. The van der Waals surface area contributed by atoms with Gasteiger partial charge in [0.2, 0.25) is 0 Å². The minimum Gasteiger partial charge on any atom is -0.388 e. The maximum absolute atomic E-state index is 3.12. The van der Waals surface area contributed by atoms with Gasteiger partial charge >= 0.3 is 0 Å². The standard InChI is InChI=1S/C7H11N/c1-2-4-6-8-7-5-3-1/h2,4-5,7-8H,1,3,6H2/b4-2?,7-5-. The molecule has 0 aromatic carbocycles. The Morgan fingerprint density at radius 1 is 1.00 bits per heavy atom. The Kier molecular flexibility index (Phi) is 2.24. The first kappa shape index (κ1) is 5.42. The topological polar surface area (TPSA) is 12.0 Å². The van der Waals surface area contributed by atoms with Crippen LogP contribution in [0.5, 0.6) is 0 Å². The minimum atomic E-state index is 0.983. The van der Waals surface area contributed by atoms with E-state index in [-0.39, 0.29) is 0 Å². The number of hydrogen-bond acceptors (Lipinski definition) is 1. The van der Waals surface area contributed by atoms with Crippen molar-refractivity contribution in [3.63, 3.8) is 0 Å². The molecule has 0 fully saturated rings. The zero-order valence-electron chi connectivity index (χ0n) is 4.93. The lowest BCUT2D eigenvalue weighted by atomic mass is 10.2. The molecule has 0 atom stereocenters. The number of allylic oxidation sites excluding steroid dienone is 2. The summed E-state index contributed by atoms with van der Waals surface area (Å²) in [5.41, 5.74) is 0. The van der Waals surface area contributed by atoms with Crippen LogP contribution < -0.4 is 5.32 Å². The summed E-state index contributed by atoms with van der Waals surface area (Å²) in [6, 6.07) is 0. The van der Waals surface area contributed by atoms with Crippen LogP contribution in [0.4, 0.5) is 0 Å². The molecule has 1 aliphatic heterocycles. The first-order chi connectivity index (χ1) is 4.00. The molecule has 0 aliphatic carbocycles. The Balaban J connectivity index is 2.29. The highest BCUT2D eigenvalue weighted by Gasteiger charge is 1.79. The van der Waals surface area contributed by atoms with Gasteiger partial charge < -0.3 is 5.32 Å². The van der Waals surface area contributed by atoms with Crippen molar-refractivity contribution in [2.75, 3.05) is 6.54 Å². The second-order valence-corrected chi connectivity index (χ2v) is 1.86. The number of hydrogen-bond donors (Lipinski definition) is 1. The van der Waals surface area contributed by atoms with Gasteiger partial charge in [-0.1, -0.05) is 18.2 Å². The van der Waals surface area contributed by atoms with E-state index < -0.39 is 0 Å². The molecule has 0 unspecified atom stereocenters. The van der Waals surface area contributed by atoms with E-state index in [4.69, 9.17) is 0 Å². The third-order valence-corrected chi connectivity index (χ3v) is 1.14. The summed E-state index contributed by atoms with van der Waals surface area (Å²) < 4.78 is 0. The van der Waals surface area contributed by atoms with Gasteiger partial charge in [-0.15, -0.1) is 0 Å². The Morgan fingerprint density at radius 2 is 1.88 bits per heavy atom. The number of nitrogens with one attached hydrogen (secondary N) is 1. The lowest BCUT2D eigenvalue weighted by Crippen LogP contribution is -2.04. The first-order valence-electron chi connectivity index (χ1n) is 3.03. The maximum Gasteiger partial charge on any atom is 0.0325 e. The monoisotopic (exact) mass is 109 g/mol. The van der Waals surface area contributed by atoms with Crippen LogP contribution in [0.1, 0.15) is 12.8 Å². The molecule has 0 radical (unpaired) electrons. The van der Waals surface area contributed by atoms with Gasteiger partial charge in [-0.2, -0.15) is 0 Å². The molecule has 0 aromatic heterocycles. The molecule has 8 heavy (non-hydrogen) atoms. The summed E-state index contributed by atoms with van der Waals surface area (Å²) in [5.74, 6) is 0. The normalized spacial score (nSPS) is 23.0. The van der Waals surface area contributed by atoms with Crippen molar-refractivity contribution in [3.8, 4) is 0 Å². The summed E-state index contributed by atoms with van der Waals surface area (Å²) in [6.07, 6.45) is 10.9. The van der Waals surface area contributed by atoms with Crippen LogP contribution in [0.2, 0.25) is 0 Å². The summed E-state index contributed by atoms with van der Waals surface area (Å²) >= 11 is 0. The van der Waals surface area contributed by atoms with Crippen LogP contribution in [-0.2, 0) is 0 Å². The third kappa shape index (κ3) is 1.82. The molecule has 1 aliphatic rings. The predicted octanol–water partition coefficient (Wildman–Crippen LogP) is 1.44. The molecule has 1 heteroatoms. The van der Waals surface area contributed by atoms with Crippen LogP contribution in [0.3, 0.4) is 0 Å². The van der Waals surface area contributed by atoms with Crippen molar-refractivity contribution in [3.05, 3.63) is 24.4 Å². The van der Waals surface area contributed by atoms with Gasteiger partial charge in [-0.25, -0.2) is 0 Å². The van der Waals surface area contributed by atoms with Crippen LogP contribution >= 0.6 is 0 Å². The average molecular weight is 109 g/mol. The Hall–Kier alpha value is -0.720. The lowest BCUT2D eigenvalue weighted by molar-refractivity contribution is 0.926. The summed E-state index contributed by atoms with van der Waals surface area (Å²) in [4.78, 5) is 0. The van der Waals surface area contributed by atoms with E-state index in [0.717, 1.165) is 6.54 Å². The van der Waals surface area contributed by atoms with E-state index in [1.165, 1.54) is 12.8 Å². The molecule has 44 valence electrons. The SMILES string of the molecule is C1=CCN/C=C\CC1. The Morgan fingerprint density at radius 3 is 2.88 bits per heavy atom. The van der Waals surface area contributed by atoms with Crippen molar-refractivity contribution in [1.29, 1.82) is 0 Å². The first-order valence-corrected chi connectivity index (χ1v) is 3.03. The van der Waals surface area contributed by atoms with E-state index in [0.29, 0.717) is 0 Å². The summed E-state index contributed by atoms with van der Waals surface area (Å²) in [7, 11) is 0. The fourth-order valence-corrected chi connectivity index (χ4v) is 0.696. The van der Waals surface area contributed by atoms with Crippen LogP contribution in [0, 0.1) is 0 Å². The van der Waals surface area contributed by atoms with Gasteiger partial charge in [0.05, 0.1) is 0 Å². The van der Waals surface area contributed by atoms with E-state index in [9.17, 15) is 0 Å². The molecule has 0 amide bonds. The van der Waals surface area contributed by atoms with E-state index in [1.807, 2.05) is 6.20 Å². The van der Waals surface area contributed by atoms with Crippen LogP contribution in [0.15, 0.2) is 24.4 Å². The van der Waals surface area contributed by atoms with Crippen LogP contribution in [0.25, 0.3) is 0 Å². The van der Waals surface area contributed by atoms with Crippen molar-refractivity contribution < 1.29 is 0 Å². The highest BCUT2D eigenvalue weighted by molar-refractivity contribution is 4.93. The average Bonchev–Trinajstić information content (AvgIpc) is 1.62. The molecule has 1 rings (SSSR count). The van der Waals surface area contributed by atoms with Crippen molar-refractivity contribution >= 4 is 0 Å². The molecule has 0 bridgehead atoms. The van der Waals surface area contributed by atoms with Crippen LogP contribution in [-0.4, -0.2) is 6.54 Å². The molecular formula is C7H11N. The molecule has 0 saturated heterocycles. The molecule has 1 heterocycles. The zero-order chi connectivity index (χ0) is 5.66. The summed E-state index contributed by atoms with van der Waals surface area (Å²) in [6.45, 7) is 0.983. The van der Waals surface area contributed by atoms with E-state index >= 15 is 0 Å². The smallest absolute Gasteiger partial charge is 0.0325 e.